The first kappa shape index (κ1) is 9.64. The highest BCUT2D eigenvalue weighted by Crippen LogP contribution is 2.21. The summed E-state index contributed by atoms with van der Waals surface area (Å²) in [4.78, 5) is 11.8. The first-order valence-corrected chi connectivity index (χ1v) is 5.15. The van der Waals surface area contributed by atoms with Gasteiger partial charge < -0.3 is 15.6 Å². The van der Waals surface area contributed by atoms with E-state index in [-0.39, 0.29) is 0 Å². The zero-order valence-corrected chi connectivity index (χ0v) is 9.15. The average Bonchev–Trinajstić information content (AvgIpc) is 2.98. The predicted octanol–water partition coefficient (Wildman–Crippen LogP) is 1.47. The maximum Gasteiger partial charge on any atom is 0.231 e. The Labute approximate surface area is 96.7 Å². The lowest BCUT2D eigenvalue weighted by Gasteiger charge is -2.05. The molecule has 0 aliphatic rings. The molecule has 0 aromatic carbocycles. The second-order valence-electron chi connectivity index (χ2n) is 3.50. The normalized spacial score (nSPS) is 10.6. The predicted molar refractivity (Wildman–Crippen MR) is 65.3 cm³/mol. The van der Waals surface area contributed by atoms with Crippen LogP contribution in [-0.4, -0.2) is 32.2 Å². The summed E-state index contributed by atoms with van der Waals surface area (Å²) in [6.45, 7) is 0. The van der Waals surface area contributed by atoms with Crippen molar-refractivity contribution >= 4 is 28.5 Å². The Morgan fingerprint density at radius 1 is 1.29 bits per heavy atom. The average molecular weight is 229 g/mol. The minimum absolute atomic E-state index is 0.519. The zero-order valence-electron chi connectivity index (χ0n) is 9.15. The van der Waals surface area contributed by atoms with Crippen molar-refractivity contribution in [3.05, 3.63) is 24.7 Å². The van der Waals surface area contributed by atoms with Crippen LogP contribution in [0.5, 0.6) is 0 Å². The summed E-state index contributed by atoms with van der Waals surface area (Å²) in [6.07, 6.45) is 5.24. The van der Waals surface area contributed by atoms with Crippen LogP contribution in [0.25, 0.3) is 11.0 Å². The lowest BCUT2D eigenvalue weighted by Crippen LogP contribution is -2.00. The van der Waals surface area contributed by atoms with Crippen LogP contribution in [0.1, 0.15) is 0 Å². The number of nitrogens with one attached hydrogen (secondary N) is 4. The SMILES string of the molecule is CNc1nc(Nc2cn[nH]c2)nc2[nH]ccc12. The Hall–Kier alpha value is -2.57. The molecule has 3 aromatic rings. The molecule has 3 heterocycles. The van der Waals surface area contributed by atoms with Gasteiger partial charge in [-0.1, -0.05) is 0 Å². The van der Waals surface area contributed by atoms with E-state index < -0.39 is 0 Å². The van der Waals surface area contributed by atoms with Crippen molar-refractivity contribution in [3.63, 3.8) is 0 Å². The first-order valence-electron chi connectivity index (χ1n) is 5.15. The number of rotatable bonds is 3. The molecule has 0 spiro atoms. The summed E-state index contributed by atoms with van der Waals surface area (Å²) in [6, 6.07) is 1.93. The van der Waals surface area contributed by atoms with Gasteiger partial charge in [-0.3, -0.25) is 5.10 Å². The molecule has 0 amide bonds. The van der Waals surface area contributed by atoms with E-state index in [9.17, 15) is 0 Å². The van der Waals surface area contributed by atoms with Crippen LogP contribution in [0.2, 0.25) is 0 Å². The fraction of sp³-hybridized carbons (Fsp3) is 0.100. The molecule has 0 fully saturated rings. The highest BCUT2D eigenvalue weighted by molar-refractivity contribution is 5.88. The van der Waals surface area contributed by atoms with E-state index in [1.165, 1.54) is 0 Å². The molecule has 0 radical (unpaired) electrons. The lowest BCUT2D eigenvalue weighted by molar-refractivity contribution is 1.09. The lowest BCUT2D eigenvalue weighted by atomic mass is 10.4. The minimum Gasteiger partial charge on any atom is -0.372 e. The quantitative estimate of drug-likeness (QED) is 0.545. The van der Waals surface area contributed by atoms with Gasteiger partial charge in [-0.25, -0.2) is 0 Å². The number of fused-ring (bicyclic) bond motifs is 1. The maximum atomic E-state index is 4.37. The molecule has 7 nitrogen and oxygen atoms in total. The van der Waals surface area contributed by atoms with E-state index in [0.717, 1.165) is 22.5 Å². The molecular weight excluding hydrogens is 218 g/mol. The fourth-order valence-corrected chi connectivity index (χ4v) is 1.64. The van der Waals surface area contributed by atoms with Gasteiger partial charge >= 0.3 is 0 Å². The van der Waals surface area contributed by atoms with Gasteiger partial charge in [0, 0.05) is 19.4 Å². The molecule has 0 aliphatic carbocycles. The van der Waals surface area contributed by atoms with Crippen molar-refractivity contribution in [2.45, 2.75) is 0 Å². The van der Waals surface area contributed by atoms with E-state index in [0.29, 0.717) is 5.95 Å². The molecule has 86 valence electrons. The molecule has 17 heavy (non-hydrogen) atoms. The summed E-state index contributed by atoms with van der Waals surface area (Å²) in [5.74, 6) is 1.30. The van der Waals surface area contributed by atoms with Gasteiger partial charge in [-0.15, -0.1) is 0 Å². The summed E-state index contributed by atoms with van der Waals surface area (Å²) >= 11 is 0. The molecule has 0 saturated carbocycles. The molecule has 0 saturated heterocycles. The second kappa shape index (κ2) is 3.78. The Bertz CT molecular complexity index is 625. The smallest absolute Gasteiger partial charge is 0.231 e. The van der Waals surface area contributed by atoms with E-state index in [2.05, 4.69) is 35.8 Å². The molecule has 4 N–H and O–H groups in total. The summed E-state index contributed by atoms with van der Waals surface area (Å²) in [5.41, 5.74) is 1.60. The maximum absolute atomic E-state index is 4.37. The van der Waals surface area contributed by atoms with Crippen LogP contribution in [0.15, 0.2) is 24.7 Å². The summed E-state index contributed by atoms with van der Waals surface area (Å²) in [7, 11) is 1.83. The highest BCUT2D eigenvalue weighted by Gasteiger charge is 2.07. The van der Waals surface area contributed by atoms with Crippen molar-refractivity contribution in [2.24, 2.45) is 0 Å². The van der Waals surface area contributed by atoms with Crippen molar-refractivity contribution in [1.29, 1.82) is 0 Å². The van der Waals surface area contributed by atoms with Gasteiger partial charge in [0.05, 0.1) is 17.3 Å². The topological polar surface area (TPSA) is 94.3 Å². The van der Waals surface area contributed by atoms with E-state index in [4.69, 9.17) is 0 Å². The zero-order chi connectivity index (χ0) is 11.7. The number of aromatic amines is 2. The molecule has 0 bridgehead atoms. The van der Waals surface area contributed by atoms with Gasteiger partial charge in [-0.05, 0) is 6.07 Å². The Morgan fingerprint density at radius 3 is 3.00 bits per heavy atom. The van der Waals surface area contributed by atoms with Crippen molar-refractivity contribution in [2.75, 3.05) is 17.7 Å². The summed E-state index contributed by atoms with van der Waals surface area (Å²) in [5, 5.41) is 13.6. The third kappa shape index (κ3) is 1.67. The first-order chi connectivity index (χ1) is 8.36. The van der Waals surface area contributed by atoms with E-state index in [1.54, 1.807) is 12.4 Å². The Kier molecular flexibility index (Phi) is 2.14. The van der Waals surface area contributed by atoms with Crippen LogP contribution < -0.4 is 10.6 Å². The molecule has 7 heteroatoms. The molecule has 0 unspecified atom stereocenters. The fourth-order valence-electron chi connectivity index (χ4n) is 1.64. The molecule has 0 atom stereocenters. The van der Waals surface area contributed by atoms with Crippen LogP contribution in [0.3, 0.4) is 0 Å². The van der Waals surface area contributed by atoms with Crippen LogP contribution in [-0.2, 0) is 0 Å². The standard InChI is InChI=1S/C10H11N7/c1-11-8-7-2-3-12-9(7)17-10(16-8)15-6-4-13-14-5-6/h2-5H,1H3,(H,13,14)(H3,11,12,15,16,17). The third-order valence-electron chi connectivity index (χ3n) is 2.41. The van der Waals surface area contributed by atoms with Crippen molar-refractivity contribution in [3.8, 4) is 0 Å². The van der Waals surface area contributed by atoms with Crippen LogP contribution in [0, 0.1) is 0 Å². The van der Waals surface area contributed by atoms with Crippen LogP contribution in [0.4, 0.5) is 17.5 Å². The number of hydrogen-bond donors (Lipinski definition) is 4. The van der Waals surface area contributed by atoms with E-state index >= 15 is 0 Å². The molecule has 3 aromatic heterocycles. The highest BCUT2D eigenvalue weighted by atomic mass is 15.2. The largest absolute Gasteiger partial charge is 0.372 e. The van der Waals surface area contributed by atoms with Gasteiger partial charge in [0.1, 0.15) is 11.5 Å². The molecule has 0 aliphatic heterocycles. The van der Waals surface area contributed by atoms with Gasteiger partial charge in [0.2, 0.25) is 5.95 Å². The number of hydrogen-bond acceptors (Lipinski definition) is 5. The Balaban J connectivity index is 2.04. The van der Waals surface area contributed by atoms with Crippen LogP contribution >= 0.6 is 0 Å². The van der Waals surface area contributed by atoms with Gasteiger partial charge in [0.15, 0.2) is 0 Å². The molecular formula is C10H11N7. The van der Waals surface area contributed by atoms with Gasteiger partial charge in [-0.2, -0.15) is 15.1 Å². The molecule has 3 rings (SSSR count). The van der Waals surface area contributed by atoms with E-state index in [1.807, 2.05) is 19.3 Å². The number of aromatic nitrogens is 5. The Morgan fingerprint density at radius 2 is 2.24 bits per heavy atom. The number of H-pyrrole nitrogens is 2. The second-order valence-corrected chi connectivity index (χ2v) is 3.50. The summed E-state index contributed by atoms with van der Waals surface area (Å²) < 4.78 is 0. The minimum atomic E-state index is 0.519. The van der Waals surface area contributed by atoms with Crippen molar-refractivity contribution in [1.82, 2.24) is 25.1 Å². The third-order valence-corrected chi connectivity index (χ3v) is 2.41. The number of anilines is 3. The monoisotopic (exact) mass is 229 g/mol. The van der Waals surface area contributed by atoms with Crippen molar-refractivity contribution < 1.29 is 0 Å². The number of nitrogens with zero attached hydrogens (tertiary/aromatic N) is 3. The van der Waals surface area contributed by atoms with Gasteiger partial charge in [0.25, 0.3) is 0 Å².